The highest BCUT2D eigenvalue weighted by Gasteiger charge is 2.14. The van der Waals surface area contributed by atoms with Crippen molar-refractivity contribution in [3.8, 4) is 17.2 Å². The Balaban J connectivity index is 3.03. The third kappa shape index (κ3) is 3.78. The first-order valence-electron chi connectivity index (χ1n) is 6.03. The van der Waals surface area contributed by atoms with E-state index in [9.17, 15) is 4.79 Å². The van der Waals surface area contributed by atoms with Gasteiger partial charge in [0, 0.05) is 18.2 Å². The number of benzene rings is 1. The number of carbonyl (C=O) groups is 1. The lowest BCUT2D eigenvalue weighted by molar-refractivity contribution is -0.116. The third-order valence-electron chi connectivity index (χ3n) is 2.57. The molecule has 1 N–H and O–H groups in total. The maximum atomic E-state index is 11.5. The molecule has 5 nitrogen and oxygen atoms in total. The highest BCUT2D eigenvalue weighted by Crippen LogP contribution is 2.40. The minimum atomic E-state index is -0.207. The van der Waals surface area contributed by atoms with Crippen LogP contribution in [0.3, 0.4) is 0 Å². The number of nitrogens with one attached hydrogen (secondary N) is 1. The second-order valence-electron chi connectivity index (χ2n) is 3.79. The molecule has 108 valence electrons. The molecule has 1 aromatic rings. The molecule has 1 rings (SSSR count). The van der Waals surface area contributed by atoms with Crippen molar-refractivity contribution in [2.45, 2.75) is 0 Å². The normalized spacial score (nSPS) is 10.2. The van der Waals surface area contributed by atoms with E-state index in [1.54, 1.807) is 31.4 Å². The Morgan fingerprint density at radius 2 is 1.90 bits per heavy atom. The molecule has 0 unspecified atom stereocenters. The van der Waals surface area contributed by atoms with Crippen LogP contribution in [0.25, 0.3) is 6.08 Å². The Kier molecular flexibility index (Phi) is 6.16. The molecule has 0 aliphatic rings. The van der Waals surface area contributed by atoms with Crippen molar-refractivity contribution in [1.82, 2.24) is 5.32 Å². The monoisotopic (exact) mass is 277 g/mol. The largest absolute Gasteiger partial charge is 0.493 e. The summed E-state index contributed by atoms with van der Waals surface area (Å²) < 4.78 is 15.8. The zero-order valence-corrected chi connectivity index (χ0v) is 11.9. The molecule has 0 bridgehead atoms. The van der Waals surface area contributed by atoms with Crippen LogP contribution in [-0.2, 0) is 4.79 Å². The van der Waals surface area contributed by atoms with Gasteiger partial charge in [-0.25, -0.2) is 0 Å². The summed E-state index contributed by atoms with van der Waals surface area (Å²) in [5, 5.41) is 2.65. The van der Waals surface area contributed by atoms with Gasteiger partial charge in [-0.2, -0.15) is 0 Å². The zero-order valence-electron chi connectivity index (χ0n) is 11.9. The lowest BCUT2D eigenvalue weighted by Gasteiger charge is -2.13. The molecule has 0 spiro atoms. The Morgan fingerprint density at radius 3 is 2.45 bits per heavy atom. The summed E-state index contributed by atoms with van der Waals surface area (Å²) in [6, 6.07) is 3.54. The Morgan fingerprint density at radius 1 is 1.20 bits per heavy atom. The molecule has 0 atom stereocenters. The molecule has 20 heavy (non-hydrogen) atoms. The number of methoxy groups -OCH3 is 3. The van der Waals surface area contributed by atoms with Crippen molar-refractivity contribution in [1.29, 1.82) is 0 Å². The van der Waals surface area contributed by atoms with E-state index in [2.05, 4.69) is 11.9 Å². The molecular formula is C15H19NO4. The van der Waals surface area contributed by atoms with Crippen molar-refractivity contribution in [3.63, 3.8) is 0 Å². The minimum absolute atomic E-state index is 0.207. The fraction of sp³-hybridized carbons (Fsp3) is 0.267. The van der Waals surface area contributed by atoms with Gasteiger partial charge < -0.3 is 19.5 Å². The molecule has 0 fully saturated rings. The van der Waals surface area contributed by atoms with Crippen LogP contribution in [0.5, 0.6) is 17.2 Å². The van der Waals surface area contributed by atoms with Crippen molar-refractivity contribution in [3.05, 3.63) is 36.4 Å². The predicted molar refractivity (Wildman–Crippen MR) is 78.3 cm³/mol. The van der Waals surface area contributed by atoms with Gasteiger partial charge in [0.05, 0.1) is 21.3 Å². The van der Waals surface area contributed by atoms with Gasteiger partial charge in [0.25, 0.3) is 0 Å². The maximum absolute atomic E-state index is 11.5. The number of amides is 1. The van der Waals surface area contributed by atoms with E-state index in [-0.39, 0.29) is 5.91 Å². The van der Waals surface area contributed by atoms with E-state index < -0.39 is 0 Å². The zero-order chi connectivity index (χ0) is 15.0. The molecule has 0 aliphatic carbocycles. The van der Waals surface area contributed by atoms with Crippen LogP contribution in [0.1, 0.15) is 5.56 Å². The number of ether oxygens (including phenoxy) is 3. The van der Waals surface area contributed by atoms with Crippen LogP contribution in [0.4, 0.5) is 0 Å². The van der Waals surface area contributed by atoms with E-state index >= 15 is 0 Å². The van der Waals surface area contributed by atoms with Gasteiger partial charge in [-0.05, 0) is 18.2 Å². The first-order valence-corrected chi connectivity index (χ1v) is 6.03. The molecule has 1 aromatic carbocycles. The van der Waals surface area contributed by atoms with Gasteiger partial charge in [-0.3, -0.25) is 4.79 Å². The molecule has 0 aromatic heterocycles. The van der Waals surface area contributed by atoms with Crippen LogP contribution in [-0.4, -0.2) is 33.8 Å². The lowest BCUT2D eigenvalue weighted by atomic mass is 10.1. The number of hydrogen-bond acceptors (Lipinski definition) is 4. The average Bonchev–Trinajstić information content (AvgIpc) is 2.49. The number of hydrogen-bond donors (Lipinski definition) is 1. The Bertz CT molecular complexity index is 509. The maximum Gasteiger partial charge on any atom is 0.244 e. The average molecular weight is 277 g/mol. The van der Waals surface area contributed by atoms with Crippen molar-refractivity contribution < 1.29 is 19.0 Å². The van der Waals surface area contributed by atoms with Crippen LogP contribution < -0.4 is 19.5 Å². The smallest absolute Gasteiger partial charge is 0.244 e. The molecule has 0 aliphatic heterocycles. The second-order valence-corrected chi connectivity index (χ2v) is 3.79. The fourth-order valence-electron chi connectivity index (χ4n) is 1.65. The fourth-order valence-corrected chi connectivity index (χ4v) is 1.65. The second kappa shape index (κ2) is 7.89. The molecule has 0 saturated heterocycles. The van der Waals surface area contributed by atoms with Crippen molar-refractivity contribution in [2.75, 3.05) is 27.9 Å². The molecule has 0 heterocycles. The van der Waals surface area contributed by atoms with E-state index in [0.29, 0.717) is 23.8 Å². The Hall–Kier alpha value is -2.43. The van der Waals surface area contributed by atoms with Gasteiger partial charge in [0.1, 0.15) is 0 Å². The summed E-state index contributed by atoms with van der Waals surface area (Å²) in [5.74, 6) is 1.36. The van der Waals surface area contributed by atoms with Gasteiger partial charge >= 0.3 is 0 Å². The highest BCUT2D eigenvalue weighted by atomic mass is 16.5. The van der Waals surface area contributed by atoms with Crippen LogP contribution in [0.2, 0.25) is 0 Å². The molecule has 1 amide bonds. The summed E-state index contributed by atoms with van der Waals surface area (Å²) in [5.41, 5.74) is 0.721. The summed E-state index contributed by atoms with van der Waals surface area (Å²) in [6.07, 6.45) is 4.69. The molecule has 5 heteroatoms. The summed E-state index contributed by atoms with van der Waals surface area (Å²) >= 11 is 0. The van der Waals surface area contributed by atoms with Gasteiger partial charge in [0.15, 0.2) is 11.5 Å². The summed E-state index contributed by atoms with van der Waals surface area (Å²) in [4.78, 5) is 11.5. The third-order valence-corrected chi connectivity index (χ3v) is 2.57. The lowest BCUT2D eigenvalue weighted by Crippen LogP contribution is -2.20. The molecule has 0 saturated carbocycles. The minimum Gasteiger partial charge on any atom is -0.493 e. The summed E-state index contributed by atoms with van der Waals surface area (Å²) in [6.45, 7) is 3.95. The topological polar surface area (TPSA) is 56.8 Å². The van der Waals surface area contributed by atoms with E-state index in [1.165, 1.54) is 20.3 Å². The predicted octanol–water partition coefficient (Wildman–Crippen LogP) is 2.03. The van der Waals surface area contributed by atoms with Crippen molar-refractivity contribution >= 4 is 12.0 Å². The summed E-state index contributed by atoms with van der Waals surface area (Å²) in [7, 11) is 4.62. The first-order chi connectivity index (χ1) is 9.67. The van der Waals surface area contributed by atoms with Crippen molar-refractivity contribution in [2.24, 2.45) is 0 Å². The quantitative estimate of drug-likeness (QED) is 0.612. The number of carbonyl (C=O) groups excluding carboxylic acids is 1. The molecule has 0 radical (unpaired) electrons. The van der Waals surface area contributed by atoms with Crippen LogP contribution in [0, 0.1) is 0 Å². The van der Waals surface area contributed by atoms with E-state index in [1.807, 2.05) is 0 Å². The van der Waals surface area contributed by atoms with Gasteiger partial charge in [-0.15, -0.1) is 6.58 Å². The highest BCUT2D eigenvalue weighted by molar-refractivity contribution is 5.92. The van der Waals surface area contributed by atoms with Crippen LogP contribution in [0.15, 0.2) is 30.9 Å². The first kappa shape index (κ1) is 15.6. The Labute approximate surface area is 118 Å². The van der Waals surface area contributed by atoms with E-state index in [0.717, 1.165) is 5.56 Å². The molecular weight excluding hydrogens is 258 g/mol. The SMILES string of the molecule is C=CCNC(=O)C=Cc1ccc(OC)c(OC)c1OC. The van der Waals surface area contributed by atoms with E-state index in [4.69, 9.17) is 14.2 Å². The van der Waals surface area contributed by atoms with Gasteiger partial charge in [0.2, 0.25) is 11.7 Å². The van der Waals surface area contributed by atoms with Crippen LogP contribution >= 0.6 is 0 Å². The number of rotatable bonds is 7. The standard InChI is InChI=1S/C15H19NO4/c1-5-10-16-13(17)9-7-11-6-8-12(18-2)15(20-4)14(11)19-3/h5-9H,1,10H2,2-4H3,(H,16,17). The van der Waals surface area contributed by atoms with Gasteiger partial charge in [-0.1, -0.05) is 6.08 Å².